The molecule has 0 aliphatic heterocycles. The van der Waals surface area contributed by atoms with Crippen molar-refractivity contribution in [2.75, 3.05) is 0 Å². The second-order valence-corrected chi connectivity index (χ2v) is 8.52. The van der Waals surface area contributed by atoms with E-state index in [9.17, 15) is 10.1 Å². The van der Waals surface area contributed by atoms with Gasteiger partial charge in [-0.15, -0.1) is 0 Å². The Labute approximate surface area is 152 Å². The fraction of sp³-hybridized carbons (Fsp3) is 0.632. The topological polar surface area (TPSA) is 67.8 Å². The van der Waals surface area contributed by atoms with Crippen LogP contribution in [0.4, 0.5) is 0 Å². The molecule has 0 saturated heterocycles. The van der Waals surface area contributed by atoms with Gasteiger partial charge in [-0.3, -0.25) is 5.04 Å². The molecule has 4 bridgehead atoms. The molecule has 0 atom stereocenters. The first-order chi connectivity index (χ1) is 12.1. The minimum absolute atomic E-state index is 0.244. The van der Waals surface area contributed by atoms with E-state index in [0.29, 0.717) is 22.3 Å². The lowest BCUT2D eigenvalue weighted by atomic mass is 9.49. The Morgan fingerprint density at radius 3 is 2.24 bits per heavy atom. The lowest BCUT2D eigenvalue weighted by Crippen LogP contribution is -2.59. The smallest absolute Gasteiger partial charge is 0.338 e. The van der Waals surface area contributed by atoms with E-state index in [1.54, 1.807) is 24.3 Å². The van der Waals surface area contributed by atoms with Crippen LogP contribution in [0.2, 0.25) is 0 Å². The van der Waals surface area contributed by atoms with E-state index in [1.807, 2.05) is 0 Å². The van der Waals surface area contributed by atoms with Crippen LogP contribution >= 0.6 is 12.0 Å². The van der Waals surface area contributed by atoms with Gasteiger partial charge in [0.2, 0.25) is 0 Å². The second-order valence-electron chi connectivity index (χ2n) is 7.75. The van der Waals surface area contributed by atoms with Gasteiger partial charge in [0.25, 0.3) is 0 Å². The summed E-state index contributed by atoms with van der Waals surface area (Å²) in [6, 6.07) is 6.85. The van der Waals surface area contributed by atoms with Gasteiger partial charge < -0.3 is 9.99 Å². The highest BCUT2D eigenvalue weighted by Crippen LogP contribution is 2.60. The van der Waals surface area contributed by atoms with Gasteiger partial charge in [0.15, 0.2) is 0 Å². The lowest BCUT2D eigenvalue weighted by molar-refractivity contribution is -0.777. The van der Waals surface area contributed by atoms with Gasteiger partial charge in [-0.25, -0.2) is 4.79 Å². The molecule has 4 fully saturated rings. The number of hydrogen-bond acceptors (Lipinski definition) is 6. The summed E-state index contributed by atoms with van der Waals surface area (Å²) in [5, 5.41) is 13.2. The Morgan fingerprint density at radius 1 is 1.12 bits per heavy atom. The fourth-order valence-electron chi connectivity index (χ4n) is 5.73. The predicted octanol–water partition coefficient (Wildman–Crippen LogP) is 3.68. The van der Waals surface area contributed by atoms with Crippen molar-refractivity contribution in [3.8, 4) is 0 Å². The fourth-order valence-corrected chi connectivity index (χ4v) is 6.08. The number of benzene rings is 1. The normalized spacial score (nSPS) is 35.8. The molecule has 4 saturated carbocycles. The zero-order valence-electron chi connectivity index (χ0n) is 14.3. The zero-order valence-corrected chi connectivity index (χ0v) is 15.1. The summed E-state index contributed by atoms with van der Waals surface area (Å²) < 4.78 is 10.5. The molecule has 136 valence electrons. The van der Waals surface area contributed by atoms with E-state index < -0.39 is 0 Å². The number of carbonyl (C=O) groups excluding carboxylic acids is 1. The van der Waals surface area contributed by atoms with Crippen molar-refractivity contribution in [2.45, 2.75) is 55.9 Å². The van der Waals surface area contributed by atoms with E-state index >= 15 is 0 Å². The van der Waals surface area contributed by atoms with Gasteiger partial charge in [0.05, 0.1) is 17.6 Å². The second kappa shape index (κ2) is 6.91. The molecule has 5 rings (SSSR count). The van der Waals surface area contributed by atoms with Gasteiger partial charge in [0, 0.05) is 4.90 Å². The van der Waals surface area contributed by atoms with Crippen molar-refractivity contribution in [1.82, 2.24) is 0 Å². The van der Waals surface area contributed by atoms with Crippen LogP contribution in [0, 0.1) is 23.7 Å². The molecule has 0 aromatic heterocycles. The Bertz CT molecular complexity index is 601. The molecule has 25 heavy (non-hydrogen) atoms. The van der Waals surface area contributed by atoms with Crippen molar-refractivity contribution >= 4 is 18.0 Å². The van der Waals surface area contributed by atoms with E-state index in [0.717, 1.165) is 30.3 Å². The summed E-state index contributed by atoms with van der Waals surface area (Å²) in [4.78, 5) is 13.5. The summed E-state index contributed by atoms with van der Waals surface area (Å²) in [6.45, 7) is 2.16. The van der Waals surface area contributed by atoms with E-state index in [4.69, 9.17) is 4.74 Å². The highest BCUT2D eigenvalue weighted by molar-refractivity contribution is 7.94. The van der Waals surface area contributed by atoms with E-state index in [-0.39, 0.29) is 11.6 Å². The third kappa shape index (κ3) is 3.10. The number of esters is 1. The lowest BCUT2D eigenvalue weighted by Gasteiger charge is -2.60. The molecular weight excluding hydrogens is 340 g/mol. The Morgan fingerprint density at radius 2 is 1.72 bits per heavy atom. The summed E-state index contributed by atoms with van der Waals surface area (Å²) in [6.07, 6.45) is 7.16. The van der Waals surface area contributed by atoms with Crippen LogP contribution < -0.4 is 5.26 Å². The average Bonchev–Trinajstić information content (AvgIpc) is 2.63. The van der Waals surface area contributed by atoms with Gasteiger partial charge in [-0.1, -0.05) is 6.92 Å². The van der Waals surface area contributed by atoms with E-state index in [1.165, 1.54) is 32.1 Å². The number of rotatable bonds is 6. The molecule has 5 nitrogen and oxygen atoms in total. The van der Waals surface area contributed by atoms with Gasteiger partial charge >= 0.3 is 5.97 Å². The summed E-state index contributed by atoms with van der Waals surface area (Å²) >= 11 is 0.812. The highest BCUT2D eigenvalue weighted by atomic mass is 32.2. The zero-order chi connectivity index (χ0) is 17.4. The molecule has 0 N–H and O–H groups in total. The van der Waals surface area contributed by atoms with Crippen LogP contribution in [-0.4, -0.2) is 11.6 Å². The van der Waals surface area contributed by atoms with Crippen molar-refractivity contribution in [2.24, 2.45) is 23.7 Å². The molecule has 4 aliphatic carbocycles. The molecule has 1 aromatic rings. The SMILES string of the molecule is CCC1(OC(=O)c2ccc(SOO[O-])cc2)C2CC3CC(C2)CC1C3. The van der Waals surface area contributed by atoms with Gasteiger partial charge in [-0.2, -0.15) is 4.33 Å². The first kappa shape index (κ1) is 17.3. The Hall–Kier alpha value is -1.08. The molecule has 0 amide bonds. The maximum Gasteiger partial charge on any atom is 0.338 e. The van der Waals surface area contributed by atoms with Crippen LogP contribution in [0.5, 0.6) is 0 Å². The molecule has 6 heteroatoms. The third-order valence-electron chi connectivity index (χ3n) is 6.60. The van der Waals surface area contributed by atoms with Crippen molar-refractivity contribution < 1.29 is 24.2 Å². The minimum Gasteiger partial charge on any atom is -0.691 e. The van der Waals surface area contributed by atoms with Gasteiger partial charge in [-0.05, 0) is 86.5 Å². The monoisotopic (exact) mass is 363 g/mol. The average molecular weight is 363 g/mol. The number of carbonyl (C=O) groups is 1. The summed E-state index contributed by atoms with van der Waals surface area (Å²) in [5.74, 6) is 2.50. The van der Waals surface area contributed by atoms with Crippen LogP contribution in [0.25, 0.3) is 0 Å². The maximum atomic E-state index is 12.8. The molecule has 0 spiro atoms. The molecule has 4 aliphatic rings. The standard InChI is InChI=1S/C19H24O5S/c1-2-19(15-8-12-7-13(10-15)11-16(19)9-12)22-18(20)14-3-5-17(6-4-14)25-24-23-21/h3-6,12-13,15-16,21H,2,7-11H2,1H3/p-1. The molecule has 0 unspecified atom stereocenters. The van der Waals surface area contributed by atoms with Crippen molar-refractivity contribution in [3.63, 3.8) is 0 Å². The minimum atomic E-state index is -0.280. The maximum absolute atomic E-state index is 12.8. The van der Waals surface area contributed by atoms with Crippen LogP contribution in [0.15, 0.2) is 29.2 Å². The highest BCUT2D eigenvalue weighted by Gasteiger charge is 2.58. The predicted molar refractivity (Wildman–Crippen MR) is 90.0 cm³/mol. The van der Waals surface area contributed by atoms with E-state index in [2.05, 4.69) is 16.3 Å². The van der Waals surface area contributed by atoms with Gasteiger partial charge in [0.1, 0.15) is 5.60 Å². The first-order valence-corrected chi connectivity index (χ1v) is 9.85. The van der Waals surface area contributed by atoms with Crippen LogP contribution in [0.1, 0.15) is 55.8 Å². The van der Waals surface area contributed by atoms with Crippen LogP contribution in [0.3, 0.4) is 0 Å². The molecule has 1 aromatic carbocycles. The summed E-state index contributed by atoms with van der Waals surface area (Å²) in [5.41, 5.74) is 0.256. The molecule has 0 heterocycles. The number of ether oxygens (including phenoxy) is 1. The molecular formula is C19H23O5S-. The Kier molecular flexibility index (Phi) is 4.79. The Balaban J connectivity index is 1.49. The van der Waals surface area contributed by atoms with Crippen LogP contribution in [-0.2, 0) is 14.1 Å². The largest absolute Gasteiger partial charge is 0.691 e. The summed E-state index contributed by atoms with van der Waals surface area (Å²) in [7, 11) is 0. The third-order valence-corrected chi connectivity index (χ3v) is 7.19. The number of hydrogen-bond donors (Lipinski definition) is 0. The molecule has 0 radical (unpaired) electrons. The van der Waals surface area contributed by atoms with Crippen molar-refractivity contribution in [1.29, 1.82) is 0 Å². The first-order valence-electron chi connectivity index (χ1n) is 9.11. The quantitative estimate of drug-likeness (QED) is 0.332. The van der Waals surface area contributed by atoms with Crippen molar-refractivity contribution in [3.05, 3.63) is 29.8 Å².